The van der Waals surface area contributed by atoms with Crippen LogP contribution in [0.5, 0.6) is 0 Å². The lowest BCUT2D eigenvalue weighted by molar-refractivity contribution is 0.251. The molecule has 0 aromatic heterocycles. The van der Waals surface area contributed by atoms with Crippen LogP contribution in [0.4, 0.5) is 0 Å². The van der Waals surface area contributed by atoms with Crippen molar-refractivity contribution < 1.29 is 0 Å². The zero-order chi connectivity index (χ0) is 45.1. The normalized spacial score (nSPS) is 13.2. The van der Waals surface area contributed by atoms with Gasteiger partial charge in [-0.25, -0.2) is 0 Å². The van der Waals surface area contributed by atoms with Crippen LogP contribution in [-0.2, 0) is 0 Å². The Hall–Kier alpha value is -0.600. The molecule has 2 atom stereocenters. The number of hydrogen-bond acceptors (Lipinski definition) is 2. The van der Waals surface area contributed by atoms with E-state index in [1.165, 1.54) is 308 Å². The van der Waals surface area contributed by atoms with Crippen LogP contribution in [0.25, 0.3) is 0 Å². The van der Waals surface area contributed by atoms with Crippen molar-refractivity contribution in [2.75, 3.05) is 28.2 Å². The van der Waals surface area contributed by atoms with E-state index in [-0.39, 0.29) is 0 Å². The van der Waals surface area contributed by atoms with Crippen molar-refractivity contribution in [2.45, 2.75) is 334 Å². The Morgan fingerprint density at radius 2 is 0.387 bits per heavy atom. The summed E-state index contributed by atoms with van der Waals surface area (Å²) >= 11 is 0. The zero-order valence-electron chi connectivity index (χ0n) is 44.3. The predicted octanol–water partition coefficient (Wildman–Crippen LogP) is 20.7. The molecule has 0 aromatic carbocycles. The minimum absolute atomic E-state index is 0.799. The van der Waals surface area contributed by atoms with Crippen molar-refractivity contribution in [3.63, 3.8) is 0 Å². The molecule has 0 spiro atoms. The topological polar surface area (TPSA) is 6.48 Å². The maximum absolute atomic E-state index is 2.51. The summed E-state index contributed by atoms with van der Waals surface area (Å²) in [5, 5.41) is 0. The largest absolute Gasteiger partial charge is 0.306 e. The number of hydrogen-bond donors (Lipinski definition) is 0. The van der Waals surface area contributed by atoms with Gasteiger partial charge < -0.3 is 9.80 Å². The molecule has 0 saturated heterocycles. The van der Waals surface area contributed by atoms with Gasteiger partial charge in [-0.2, -0.15) is 0 Å². The van der Waals surface area contributed by atoms with E-state index in [1.807, 2.05) is 0 Å². The number of rotatable bonds is 53. The van der Waals surface area contributed by atoms with Gasteiger partial charge in [0, 0.05) is 12.1 Å². The molecule has 2 heteroatoms. The van der Waals surface area contributed by atoms with Gasteiger partial charge in [0.2, 0.25) is 0 Å². The van der Waals surface area contributed by atoms with Crippen LogP contribution in [0.15, 0.2) is 24.3 Å². The molecule has 0 aliphatic heterocycles. The van der Waals surface area contributed by atoms with Crippen molar-refractivity contribution in [2.24, 2.45) is 0 Å². The Balaban J connectivity index is 3.42. The van der Waals surface area contributed by atoms with E-state index >= 15 is 0 Å². The molecule has 0 heterocycles. The van der Waals surface area contributed by atoms with Gasteiger partial charge in [-0.15, -0.1) is 0 Å². The van der Waals surface area contributed by atoms with Gasteiger partial charge in [-0.1, -0.05) is 269 Å². The molecule has 0 N–H and O–H groups in total. The molecule has 0 radical (unpaired) electrons. The fraction of sp³-hybridized carbons (Fsp3) is 0.933. The molecular formula is C60H120N2. The summed E-state index contributed by atoms with van der Waals surface area (Å²) < 4.78 is 0. The van der Waals surface area contributed by atoms with E-state index in [4.69, 9.17) is 0 Å². The summed E-state index contributed by atoms with van der Waals surface area (Å²) in [6.45, 7) is 4.61. The monoisotopic (exact) mass is 869 g/mol. The molecular weight excluding hydrogens is 749 g/mol. The Labute approximate surface area is 394 Å². The first-order valence-corrected chi connectivity index (χ1v) is 29.2. The van der Waals surface area contributed by atoms with Crippen LogP contribution in [0, 0.1) is 0 Å². The van der Waals surface area contributed by atoms with Gasteiger partial charge in [0.15, 0.2) is 0 Å². The zero-order valence-corrected chi connectivity index (χ0v) is 44.3. The van der Waals surface area contributed by atoms with Crippen molar-refractivity contribution in [3.8, 4) is 0 Å². The van der Waals surface area contributed by atoms with E-state index in [0.29, 0.717) is 0 Å². The number of unbranched alkanes of at least 4 members (excludes halogenated alkanes) is 39. The molecule has 0 rings (SSSR count). The van der Waals surface area contributed by atoms with Gasteiger partial charge in [0.25, 0.3) is 0 Å². The first kappa shape index (κ1) is 61.4. The van der Waals surface area contributed by atoms with Crippen LogP contribution in [0.3, 0.4) is 0 Å². The quantitative estimate of drug-likeness (QED) is 0.0444. The van der Waals surface area contributed by atoms with E-state index in [9.17, 15) is 0 Å². The van der Waals surface area contributed by atoms with E-state index in [1.54, 1.807) is 0 Å². The lowest BCUT2D eigenvalue weighted by Gasteiger charge is -2.24. The minimum Gasteiger partial charge on any atom is -0.306 e. The molecule has 2 unspecified atom stereocenters. The van der Waals surface area contributed by atoms with Crippen LogP contribution in [0.2, 0.25) is 0 Å². The summed E-state index contributed by atoms with van der Waals surface area (Å²) in [4.78, 5) is 5.01. The second-order valence-corrected chi connectivity index (χ2v) is 20.9. The molecule has 62 heavy (non-hydrogen) atoms. The van der Waals surface area contributed by atoms with Crippen LogP contribution in [0.1, 0.15) is 322 Å². The summed E-state index contributed by atoms with van der Waals surface area (Å²) in [6.07, 6.45) is 78.2. The lowest BCUT2D eigenvalue weighted by Crippen LogP contribution is -2.27. The third-order valence-electron chi connectivity index (χ3n) is 14.4. The van der Waals surface area contributed by atoms with E-state index < -0.39 is 0 Å². The summed E-state index contributed by atoms with van der Waals surface area (Å²) in [7, 11) is 9.22. The smallest absolute Gasteiger partial charge is 0.00891 e. The highest BCUT2D eigenvalue weighted by Gasteiger charge is 2.12. The van der Waals surface area contributed by atoms with Gasteiger partial charge in [-0.3, -0.25) is 0 Å². The second-order valence-electron chi connectivity index (χ2n) is 20.9. The average molecular weight is 870 g/mol. The molecule has 0 saturated carbocycles. The average Bonchev–Trinajstić information content (AvgIpc) is 3.26. The first-order valence-electron chi connectivity index (χ1n) is 29.2. The Morgan fingerprint density at radius 1 is 0.226 bits per heavy atom. The fourth-order valence-electron chi connectivity index (χ4n) is 9.81. The molecule has 0 amide bonds. The minimum atomic E-state index is 0.799. The van der Waals surface area contributed by atoms with Crippen LogP contribution < -0.4 is 0 Å². The summed E-state index contributed by atoms with van der Waals surface area (Å²) in [6, 6.07) is 1.61. The highest BCUT2D eigenvalue weighted by molar-refractivity contribution is 4.82. The van der Waals surface area contributed by atoms with Crippen LogP contribution in [-0.4, -0.2) is 50.1 Å². The summed E-state index contributed by atoms with van der Waals surface area (Å²) in [5.41, 5.74) is 0. The third kappa shape index (κ3) is 48.8. The summed E-state index contributed by atoms with van der Waals surface area (Å²) in [5.74, 6) is 0. The molecule has 0 aliphatic rings. The van der Waals surface area contributed by atoms with Gasteiger partial charge >= 0.3 is 0 Å². The maximum Gasteiger partial charge on any atom is 0.00891 e. The predicted molar refractivity (Wildman–Crippen MR) is 286 cm³/mol. The Kier molecular flexibility index (Phi) is 52.5. The standard InChI is InChI=1S/C60H120N2/c1-7-9-11-13-15-16-17-18-31-34-37-40-44-49-53-57-60(62(5)6)58-54-50-46-42-39-36-33-30-28-26-24-22-20-19-21-23-25-27-29-32-35-38-41-45-48-52-56-59(61(3)4)55-51-47-43-14-12-10-8-2/h18,21,23,31,59-60H,7-17,19-20,22,24-30,32-58H2,1-6H3/b23-21?,31-18-. The van der Waals surface area contributed by atoms with Gasteiger partial charge in [-0.05, 0) is 105 Å². The highest BCUT2D eigenvalue weighted by Crippen LogP contribution is 2.20. The van der Waals surface area contributed by atoms with Crippen molar-refractivity contribution in [3.05, 3.63) is 24.3 Å². The number of allylic oxidation sites excluding steroid dienone is 4. The van der Waals surface area contributed by atoms with Gasteiger partial charge in [0.1, 0.15) is 0 Å². The Bertz CT molecular complexity index is 859. The molecule has 370 valence electrons. The number of nitrogens with zero attached hydrogens (tertiary/aromatic N) is 2. The van der Waals surface area contributed by atoms with Crippen molar-refractivity contribution >= 4 is 0 Å². The van der Waals surface area contributed by atoms with E-state index in [2.05, 4.69) is 76.1 Å². The second kappa shape index (κ2) is 53.0. The van der Waals surface area contributed by atoms with Crippen molar-refractivity contribution in [1.29, 1.82) is 0 Å². The molecule has 0 fully saturated rings. The maximum atomic E-state index is 2.51. The Morgan fingerprint density at radius 3 is 0.565 bits per heavy atom. The van der Waals surface area contributed by atoms with E-state index in [0.717, 1.165) is 12.1 Å². The molecule has 0 aliphatic carbocycles. The molecule has 0 bridgehead atoms. The lowest BCUT2D eigenvalue weighted by atomic mass is 9.99. The third-order valence-corrected chi connectivity index (χ3v) is 14.4. The van der Waals surface area contributed by atoms with Crippen LogP contribution >= 0.6 is 0 Å². The highest BCUT2D eigenvalue weighted by atomic mass is 15.1. The molecule has 2 nitrogen and oxygen atoms in total. The van der Waals surface area contributed by atoms with Crippen molar-refractivity contribution in [1.82, 2.24) is 9.80 Å². The van der Waals surface area contributed by atoms with Gasteiger partial charge in [0.05, 0.1) is 0 Å². The molecule has 0 aromatic rings. The first-order chi connectivity index (χ1) is 30.5. The SMILES string of the molecule is CCCCCCCC/C=C\CCCCCCCC(CCCCCCCCCCCCCCCC=CCCCCCCCCCCCC(CCCCCCCCC)N(C)C)N(C)C. The fourth-order valence-corrected chi connectivity index (χ4v) is 9.81.